The molecule has 2 aromatic heterocycles. The molecule has 1 N–H and O–H groups in total. The highest BCUT2D eigenvalue weighted by atomic mass is 35.5. The van der Waals surface area contributed by atoms with Crippen LogP contribution in [0.2, 0.25) is 5.02 Å². The third-order valence-electron chi connectivity index (χ3n) is 2.89. The number of aryl methyl sites for hydroxylation is 1. The van der Waals surface area contributed by atoms with Crippen LogP contribution in [-0.4, -0.2) is 4.98 Å². The Labute approximate surface area is 122 Å². The first-order valence-electron chi connectivity index (χ1n) is 5.56. The largest absolute Gasteiger partial charge is 0.417 e. The summed E-state index contributed by atoms with van der Waals surface area (Å²) in [5, 5.41) is 2.32. The second-order valence-corrected chi connectivity index (χ2v) is 5.96. The van der Waals surface area contributed by atoms with Crippen molar-refractivity contribution in [3.8, 4) is 0 Å². The van der Waals surface area contributed by atoms with Crippen LogP contribution in [-0.2, 0) is 0 Å². The molecule has 19 heavy (non-hydrogen) atoms. The molecule has 1 atom stereocenters. The number of alkyl halides is 1. The topological polar surface area (TPSA) is 46.0 Å². The number of H-pyrrole nitrogens is 1. The molecule has 0 fully saturated rings. The highest BCUT2D eigenvalue weighted by molar-refractivity contribution is 7.11. The minimum Gasteiger partial charge on any atom is -0.408 e. The Bertz CT molecular complexity index is 802. The number of benzene rings is 1. The van der Waals surface area contributed by atoms with Crippen LogP contribution >= 0.6 is 34.5 Å². The molecule has 1 aromatic carbocycles. The van der Waals surface area contributed by atoms with Crippen molar-refractivity contribution in [2.75, 3.05) is 0 Å². The molecular formula is C13H9Cl2NO2S. The molecular weight excluding hydrogens is 305 g/mol. The first-order valence-corrected chi connectivity index (χ1v) is 7.26. The number of oxazole rings is 1. The lowest BCUT2D eigenvalue weighted by Gasteiger charge is -2.08. The van der Waals surface area contributed by atoms with E-state index in [1.807, 2.05) is 18.4 Å². The van der Waals surface area contributed by atoms with Crippen molar-refractivity contribution in [1.82, 2.24) is 4.98 Å². The van der Waals surface area contributed by atoms with Crippen molar-refractivity contribution in [3.63, 3.8) is 0 Å². The molecule has 98 valence electrons. The molecule has 0 aliphatic rings. The summed E-state index contributed by atoms with van der Waals surface area (Å²) < 4.78 is 5.03. The third kappa shape index (κ3) is 2.20. The van der Waals surface area contributed by atoms with Crippen molar-refractivity contribution in [2.45, 2.75) is 12.3 Å². The van der Waals surface area contributed by atoms with E-state index in [0.29, 0.717) is 16.1 Å². The predicted molar refractivity (Wildman–Crippen MR) is 78.6 cm³/mol. The van der Waals surface area contributed by atoms with Gasteiger partial charge in [-0.1, -0.05) is 17.7 Å². The number of rotatable bonds is 2. The van der Waals surface area contributed by atoms with Gasteiger partial charge in [-0.25, -0.2) is 4.79 Å². The molecule has 3 aromatic rings. The van der Waals surface area contributed by atoms with Crippen LogP contribution in [0.5, 0.6) is 0 Å². The number of hydrogen-bond acceptors (Lipinski definition) is 3. The van der Waals surface area contributed by atoms with Gasteiger partial charge in [0.25, 0.3) is 0 Å². The summed E-state index contributed by atoms with van der Waals surface area (Å²) >= 11 is 14.2. The first kappa shape index (κ1) is 12.8. The Morgan fingerprint density at radius 2 is 2.21 bits per heavy atom. The van der Waals surface area contributed by atoms with Crippen molar-refractivity contribution < 1.29 is 4.42 Å². The molecule has 0 amide bonds. The van der Waals surface area contributed by atoms with Gasteiger partial charge in [0.05, 0.1) is 15.9 Å². The minimum absolute atomic E-state index is 0.351. The molecule has 0 spiro atoms. The lowest BCUT2D eigenvalue weighted by atomic mass is 10.1. The predicted octanol–water partition coefficient (Wildman–Crippen LogP) is 4.47. The number of fused-ring (bicyclic) bond motifs is 1. The average Bonchev–Trinajstić information content (AvgIpc) is 2.91. The van der Waals surface area contributed by atoms with E-state index in [-0.39, 0.29) is 5.38 Å². The summed E-state index contributed by atoms with van der Waals surface area (Å²) in [6, 6.07) is 5.40. The summed E-state index contributed by atoms with van der Waals surface area (Å²) in [6.07, 6.45) is 0. The molecule has 6 heteroatoms. The Morgan fingerprint density at radius 3 is 2.89 bits per heavy atom. The summed E-state index contributed by atoms with van der Waals surface area (Å²) in [5.41, 5.74) is 3.02. The van der Waals surface area contributed by atoms with Crippen LogP contribution in [0, 0.1) is 6.92 Å². The molecule has 3 nitrogen and oxygen atoms in total. The number of halogens is 2. The molecule has 0 aliphatic heterocycles. The Kier molecular flexibility index (Phi) is 3.17. The summed E-state index contributed by atoms with van der Waals surface area (Å²) in [6.45, 7) is 1.94. The van der Waals surface area contributed by atoms with Crippen LogP contribution in [0.15, 0.2) is 32.8 Å². The molecule has 0 saturated heterocycles. The minimum atomic E-state index is -0.469. The van der Waals surface area contributed by atoms with Gasteiger partial charge >= 0.3 is 5.76 Å². The second-order valence-electron chi connectivity index (χ2n) is 4.23. The zero-order chi connectivity index (χ0) is 13.6. The van der Waals surface area contributed by atoms with Gasteiger partial charge in [0.1, 0.15) is 0 Å². The highest BCUT2D eigenvalue weighted by Crippen LogP contribution is 2.39. The molecule has 0 aliphatic carbocycles. The van der Waals surface area contributed by atoms with E-state index >= 15 is 0 Å². The Balaban J connectivity index is 2.08. The van der Waals surface area contributed by atoms with Crippen LogP contribution in [0.1, 0.15) is 21.4 Å². The van der Waals surface area contributed by atoms with E-state index in [1.165, 1.54) is 11.3 Å². The van der Waals surface area contributed by atoms with E-state index in [4.69, 9.17) is 27.6 Å². The van der Waals surface area contributed by atoms with Crippen LogP contribution in [0.25, 0.3) is 11.1 Å². The maximum Gasteiger partial charge on any atom is 0.417 e. The number of nitrogens with one attached hydrogen (secondary N) is 1. The Morgan fingerprint density at radius 1 is 1.42 bits per heavy atom. The van der Waals surface area contributed by atoms with Gasteiger partial charge in [-0.3, -0.25) is 4.98 Å². The molecule has 2 heterocycles. The van der Waals surface area contributed by atoms with Crippen molar-refractivity contribution in [1.29, 1.82) is 0 Å². The zero-order valence-electron chi connectivity index (χ0n) is 9.87. The second kappa shape index (κ2) is 4.71. The fourth-order valence-corrected chi connectivity index (χ4v) is 3.65. The van der Waals surface area contributed by atoms with Crippen LogP contribution < -0.4 is 5.76 Å². The lowest BCUT2D eigenvalue weighted by Crippen LogP contribution is -1.92. The first-order chi connectivity index (χ1) is 9.06. The summed E-state index contributed by atoms with van der Waals surface area (Å²) in [4.78, 5) is 14.6. The lowest BCUT2D eigenvalue weighted by molar-refractivity contribution is 0.555. The van der Waals surface area contributed by atoms with Gasteiger partial charge in [0.2, 0.25) is 0 Å². The molecule has 3 rings (SSSR count). The van der Waals surface area contributed by atoms with Gasteiger partial charge in [-0.15, -0.1) is 22.9 Å². The smallest absolute Gasteiger partial charge is 0.408 e. The van der Waals surface area contributed by atoms with Gasteiger partial charge in [-0.2, -0.15) is 0 Å². The number of aromatic amines is 1. The quantitative estimate of drug-likeness (QED) is 0.709. The molecule has 1 unspecified atom stereocenters. The van der Waals surface area contributed by atoms with E-state index in [1.54, 1.807) is 12.1 Å². The van der Waals surface area contributed by atoms with Gasteiger partial charge in [-0.05, 0) is 35.6 Å². The molecule has 0 saturated carbocycles. The SMILES string of the molecule is Cc1csc(C(Cl)c2ccc3[nH]c(=O)oc3c2)c1Cl. The molecule has 0 radical (unpaired) electrons. The number of thiophene rings is 1. The van der Waals surface area contributed by atoms with Crippen molar-refractivity contribution >= 4 is 45.6 Å². The van der Waals surface area contributed by atoms with Crippen LogP contribution in [0.3, 0.4) is 0 Å². The monoisotopic (exact) mass is 313 g/mol. The number of aromatic nitrogens is 1. The fraction of sp³-hybridized carbons (Fsp3) is 0.154. The highest BCUT2D eigenvalue weighted by Gasteiger charge is 2.18. The van der Waals surface area contributed by atoms with Gasteiger partial charge in [0.15, 0.2) is 5.58 Å². The van der Waals surface area contributed by atoms with Crippen LogP contribution in [0.4, 0.5) is 0 Å². The summed E-state index contributed by atoms with van der Waals surface area (Å²) in [5.74, 6) is -0.469. The van der Waals surface area contributed by atoms with E-state index < -0.39 is 5.76 Å². The van der Waals surface area contributed by atoms with Crippen molar-refractivity contribution in [3.05, 3.63) is 55.2 Å². The summed E-state index contributed by atoms with van der Waals surface area (Å²) in [7, 11) is 0. The van der Waals surface area contributed by atoms with E-state index in [2.05, 4.69) is 4.98 Å². The fourth-order valence-electron chi connectivity index (χ4n) is 1.89. The maximum atomic E-state index is 11.1. The standard InChI is InChI=1S/C13H9Cl2NO2S/c1-6-5-19-12(10(6)14)11(15)7-2-3-8-9(4-7)18-13(17)16-8/h2-5,11H,1H3,(H,16,17). The third-order valence-corrected chi connectivity index (χ3v) is 5.27. The Hall–Kier alpha value is -1.23. The van der Waals surface area contributed by atoms with E-state index in [0.717, 1.165) is 16.0 Å². The number of hydrogen-bond donors (Lipinski definition) is 1. The van der Waals surface area contributed by atoms with Crippen molar-refractivity contribution in [2.24, 2.45) is 0 Å². The maximum absolute atomic E-state index is 11.1. The van der Waals surface area contributed by atoms with E-state index in [9.17, 15) is 4.79 Å². The average molecular weight is 314 g/mol. The zero-order valence-corrected chi connectivity index (χ0v) is 12.2. The van der Waals surface area contributed by atoms with Gasteiger partial charge in [0, 0.05) is 4.88 Å². The molecule has 0 bridgehead atoms. The van der Waals surface area contributed by atoms with Gasteiger partial charge < -0.3 is 4.42 Å². The normalized spacial score (nSPS) is 13.0.